The third-order valence-corrected chi connectivity index (χ3v) is 3.99. The van der Waals surface area contributed by atoms with E-state index in [-0.39, 0.29) is 11.9 Å². The molecule has 1 heterocycles. The molecule has 0 saturated carbocycles. The number of benzene rings is 1. The molecule has 1 saturated heterocycles. The first-order valence-electron chi connectivity index (χ1n) is 7.50. The largest absolute Gasteiger partial charge is 0.353 e. The van der Waals surface area contributed by atoms with Crippen LogP contribution < -0.4 is 10.6 Å². The Morgan fingerprint density at radius 1 is 1.38 bits per heavy atom. The van der Waals surface area contributed by atoms with Crippen LogP contribution in [0.1, 0.15) is 31.7 Å². The fourth-order valence-electron chi connectivity index (χ4n) is 2.66. The van der Waals surface area contributed by atoms with Gasteiger partial charge in [-0.15, -0.1) is 0 Å². The highest BCUT2D eigenvalue weighted by Gasteiger charge is 2.22. The van der Waals surface area contributed by atoms with Crippen molar-refractivity contribution in [2.75, 3.05) is 13.1 Å². The van der Waals surface area contributed by atoms with Crippen LogP contribution in [-0.2, 0) is 11.2 Å². The first-order chi connectivity index (χ1) is 10.1. The molecule has 116 valence electrons. The minimum Gasteiger partial charge on any atom is -0.353 e. The number of aryl methyl sites for hydroxylation is 1. The molecule has 1 aromatic carbocycles. The van der Waals surface area contributed by atoms with Gasteiger partial charge in [-0.05, 0) is 56.0 Å². The molecule has 0 radical (unpaired) electrons. The normalized spacial score (nSPS) is 22.0. The molecule has 1 aliphatic rings. The lowest BCUT2D eigenvalue weighted by Gasteiger charge is -2.30. The Labute approximate surface area is 124 Å². The molecule has 1 aromatic rings. The van der Waals surface area contributed by atoms with Gasteiger partial charge in [0.05, 0.1) is 0 Å². The number of piperidine rings is 1. The smallest absolute Gasteiger partial charge is 0.220 e. The molecule has 2 N–H and O–H groups in total. The molecule has 1 aliphatic heterocycles. The maximum absolute atomic E-state index is 13.1. The van der Waals surface area contributed by atoms with Crippen LogP contribution in [-0.4, -0.2) is 25.0 Å². The van der Waals surface area contributed by atoms with Crippen molar-refractivity contribution in [3.8, 4) is 0 Å². The average Bonchev–Trinajstić information content (AvgIpc) is 2.45. The summed E-state index contributed by atoms with van der Waals surface area (Å²) in [6.07, 6.45) is 2.58. The lowest BCUT2D eigenvalue weighted by Crippen LogP contribution is -2.48. The number of rotatable bonds is 5. The van der Waals surface area contributed by atoms with Crippen molar-refractivity contribution in [3.63, 3.8) is 0 Å². The van der Waals surface area contributed by atoms with Gasteiger partial charge in [0.25, 0.3) is 0 Å². The third kappa shape index (κ3) is 4.77. The molecule has 2 atom stereocenters. The van der Waals surface area contributed by atoms with Crippen LogP contribution in [0.25, 0.3) is 0 Å². The van der Waals surface area contributed by atoms with E-state index >= 15 is 0 Å². The fraction of sp³-hybridized carbons (Fsp3) is 0.562. The van der Waals surface area contributed by atoms with E-state index < -0.39 is 11.6 Å². The van der Waals surface area contributed by atoms with E-state index in [1.165, 1.54) is 6.07 Å². The van der Waals surface area contributed by atoms with Gasteiger partial charge in [-0.25, -0.2) is 8.78 Å². The van der Waals surface area contributed by atoms with Gasteiger partial charge in [-0.1, -0.05) is 13.0 Å². The maximum atomic E-state index is 13.1. The summed E-state index contributed by atoms with van der Waals surface area (Å²) in [6, 6.07) is 4.12. The summed E-state index contributed by atoms with van der Waals surface area (Å²) in [5.74, 6) is -1.19. The van der Waals surface area contributed by atoms with Crippen LogP contribution in [0, 0.1) is 17.6 Å². The van der Waals surface area contributed by atoms with Crippen LogP contribution in [0.15, 0.2) is 18.2 Å². The molecule has 3 nitrogen and oxygen atoms in total. The number of halogens is 2. The van der Waals surface area contributed by atoms with Gasteiger partial charge in [0, 0.05) is 12.5 Å². The van der Waals surface area contributed by atoms with Crippen LogP contribution in [0.4, 0.5) is 8.78 Å². The quantitative estimate of drug-likeness (QED) is 0.876. The highest BCUT2D eigenvalue weighted by molar-refractivity contribution is 5.76. The highest BCUT2D eigenvalue weighted by atomic mass is 19.2. The summed E-state index contributed by atoms with van der Waals surface area (Å²) in [4.78, 5) is 11.9. The van der Waals surface area contributed by atoms with E-state index in [1.807, 2.05) is 0 Å². The third-order valence-electron chi connectivity index (χ3n) is 3.99. The molecule has 1 fully saturated rings. The standard InChI is InChI=1S/C16H22F2N2O/c1-11-10-19-8-7-15(11)20-16(21)4-2-3-12-5-6-13(17)14(18)9-12/h5-6,9,11,15,19H,2-4,7-8,10H2,1H3,(H,20,21). The number of hydrogen-bond acceptors (Lipinski definition) is 2. The van der Waals surface area contributed by atoms with Crippen molar-refractivity contribution >= 4 is 5.91 Å². The molecule has 2 rings (SSSR count). The summed E-state index contributed by atoms with van der Waals surface area (Å²) < 4.78 is 25.9. The van der Waals surface area contributed by atoms with E-state index in [9.17, 15) is 13.6 Å². The number of carbonyl (C=O) groups excluding carboxylic acids is 1. The number of nitrogens with one attached hydrogen (secondary N) is 2. The van der Waals surface area contributed by atoms with E-state index in [1.54, 1.807) is 6.07 Å². The van der Waals surface area contributed by atoms with Crippen LogP contribution >= 0.6 is 0 Å². The SMILES string of the molecule is CC1CNCCC1NC(=O)CCCc1ccc(F)c(F)c1. The lowest BCUT2D eigenvalue weighted by molar-refractivity contribution is -0.122. The summed E-state index contributed by atoms with van der Waals surface area (Å²) >= 11 is 0. The van der Waals surface area contributed by atoms with Crippen molar-refractivity contribution in [3.05, 3.63) is 35.4 Å². The lowest BCUT2D eigenvalue weighted by atomic mass is 9.95. The zero-order valence-electron chi connectivity index (χ0n) is 12.3. The predicted molar refractivity (Wildman–Crippen MR) is 77.9 cm³/mol. The molecule has 0 aliphatic carbocycles. The van der Waals surface area contributed by atoms with Crippen molar-refractivity contribution < 1.29 is 13.6 Å². The highest BCUT2D eigenvalue weighted by Crippen LogP contribution is 2.13. The monoisotopic (exact) mass is 296 g/mol. The summed E-state index contributed by atoms with van der Waals surface area (Å²) in [5.41, 5.74) is 0.719. The van der Waals surface area contributed by atoms with Gasteiger partial charge in [-0.3, -0.25) is 4.79 Å². The Hall–Kier alpha value is -1.49. The average molecular weight is 296 g/mol. The molecular formula is C16H22F2N2O. The van der Waals surface area contributed by atoms with Crippen LogP contribution in [0.2, 0.25) is 0 Å². The van der Waals surface area contributed by atoms with Crippen molar-refractivity contribution in [2.45, 2.75) is 38.6 Å². The summed E-state index contributed by atoms with van der Waals surface area (Å²) in [6.45, 7) is 3.99. The second kappa shape index (κ2) is 7.50. The van der Waals surface area contributed by atoms with Crippen LogP contribution in [0.3, 0.4) is 0 Å². The molecule has 0 aromatic heterocycles. The molecular weight excluding hydrogens is 274 g/mol. The fourth-order valence-corrected chi connectivity index (χ4v) is 2.66. The minimum atomic E-state index is -0.837. The second-order valence-corrected chi connectivity index (χ2v) is 5.75. The summed E-state index contributed by atoms with van der Waals surface area (Å²) in [5, 5.41) is 6.36. The van der Waals surface area contributed by atoms with Crippen molar-refractivity contribution in [2.24, 2.45) is 5.92 Å². The number of hydrogen-bond donors (Lipinski definition) is 2. The predicted octanol–water partition coefficient (Wildman–Crippen LogP) is 2.40. The van der Waals surface area contributed by atoms with Gasteiger partial charge >= 0.3 is 0 Å². The van der Waals surface area contributed by atoms with Gasteiger partial charge in [0.1, 0.15) is 0 Å². The molecule has 21 heavy (non-hydrogen) atoms. The van der Waals surface area contributed by atoms with Crippen LogP contribution in [0.5, 0.6) is 0 Å². The van der Waals surface area contributed by atoms with Gasteiger partial charge in [0.15, 0.2) is 11.6 Å². The molecule has 0 bridgehead atoms. The van der Waals surface area contributed by atoms with E-state index in [4.69, 9.17) is 0 Å². The molecule has 2 unspecified atom stereocenters. The van der Waals surface area contributed by atoms with Crippen molar-refractivity contribution in [1.29, 1.82) is 0 Å². The minimum absolute atomic E-state index is 0.0383. The zero-order chi connectivity index (χ0) is 15.2. The Morgan fingerprint density at radius 3 is 2.90 bits per heavy atom. The topological polar surface area (TPSA) is 41.1 Å². The zero-order valence-corrected chi connectivity index (χ0v) is 12.3. The number of amides is 1. The Bertz CT molecular complexity index is 493. The van der Waals surface area contributed by atoms with Gasteiger partial charge in [-0.2, -0.15) is 0 Å². The number of carbonyl (C=O) groups is 1. The summed E-state index contributed by atoms with van der Waals surface area (Å²) in [7, 11) is 0. The Kier molecular flexibility index (Phi) is 5.67. The first kappa shape index (κ1) is 15.9. The maximum Gasteiger partial charge on any atom is 0.220 e. The first-order valence-corrected chi connectivity index (χ1v) is 7.50. The van der Waals surface area contributed by atoms with E-state index in [0.717, 1.165) is 31.1 Å². The Morgan fingerprint density at radius 2 is 2.19 bits per heavy atom. The van der Waals surface area contributed by atoms with Gasteiger partial charge in [0.2, 0.25) is 5.91 Å². The van der Waals surface area contributed by atoms with Gasteiger partial charge < -0.3 is 10.6 Å². The Balaban J connectivity index is 1.72. The molecule has 1 amide bonds. The van der Waals surface area contributed by atoms with E-state index in [2.05, 4.69) is 17.6 Å². The van der Waals surface area contributed by atoms with E-state index in [0.29, 0.717) is 25.2 Å². The molecule has 0 spiro atoms. The van der Waals surface area contributed by atoms with Crippen molar-refractivity contribution in [1.82, 2.24) is 10.6 Å². The molecule has 5 heteroatoms. The second-order valence-electron chi connectivity index (χ2n) is 5.75.